The first-order valence-electron chi connectivity index (χ1n) is 11.9. The van der Waals surface area contributed by atoms with E-state index in [4.69, 9.17) is 4.99 Å². The second kappa shape index (κ2) is 10.5. The van der Waals surface area contributed by atoms with Gasteiger partial charge in [-0.2, -0.15) is 0 Å². The van der Waals surface area contributed by atoms with Gasteiger partial charge in [0.15, 0.2) is 5.17 Å². The van der Waals surface area contributed by atoms with Crippen LogP contribution in [0.1, 0.15) is 54.7 Å². The minimum absolute atomic E-state index is 0.0443. The van der Waals surface area contributed by atoms with Crippen LogP contribution in [0.5, 0.6) is 0 Å². The van der Waals surface area contributed by atoms with E-state index in [0.29, 0.717) is 18.7 Å². The maximum absolute atomic E-state index is 13.5. The lowest BCUT2D eigenvalue weighted by Crippen LogP contribution is -2.45. The van der Waals surface area contributed by atoms with Crippen molar-refractivity contribution < 1.29 is 9.59 Å². The molecule has 0 spiro atoms. The van der Waals surface area contributed by atoms with Crippen LogP contribution in [0.2, 0.25) is 0 Å². The van der Waals surface area contributed by atoms with Gasteiger partial charge in [0.2, 0.25) is 0 Å². The normalized spacial score (nSPS) is 17.7. The van der Waals surface area contributed by atoms with Gasteiger partial charge in [0.1, 0.15) is 0 Å². The molecule has 0 aromatic heterocycles. The third-order valence-corrected chi connectivity index (χ3v) is 7.49. The Labute approximate surface area is 206 Å². The second-order valence-corrected chi connectivity index (χ2v) is 9.62. The fraction of sp³-hybridized carbons (Fsp3) is 0.370. The van der Waals surface area contributed by atoms with Gasteiger partial charge in [0.25, 0.3) is 11.8 Å². The van der Waals surface area contributed by atoms with Crippen molar-refractivity contribution in [2.24, 2.45) is 4.99 Å². The van der Waals surface area contributed by atoms with Crippen LogP contribution in [0.15, 0.2) is 64.8 Å². The molecule has 0 saturated carbocycles. The lowest BCUT2D eigenvalue weighted by molar-refractivity contribution is -0.127. The number of nitrogens with zero attached hydrogens (tertiary/aromatic N) is 3. The van der Waals surface area contributed by atoms with Crippen molar-refractivity contribution >= 4 is 34.4 Å². The zero-order valence-corrected chi connectivity index (χ0v) is 21.1. The summed E-state index contributed by atoms with van der Waals surface area (Å²) in [6.07, 6.45) is 1.05. The number of likely N-dealkylation sites (N-methyl/N-ethyl adjacent to an activating group) is 1. The van der Waals surface area contributed by atoms with Crippen molar-refractivity contribution in [2.75, 3.05) is 30.7 Å². The van der Waals surface area contributed by atoms with Gasteiger partial charge < -0.3 is 15.1 Å². The zero-order valence-electron chi connectivity index (χ0n) is 20.3. The molecule has 1 saturated heterocycles. The summed E-state index contributed by atoms with van der Waals surface area (Å²) >= 11 is 1.75. The first kappa shape index (κ1) is 24.1. The van der Waals surface area contributed by atoms with Gasteiger partial charge in [-0.25, -0.2) is 4.99 Å². The number of thioether (sulfide) groups is 1. The van der Waals surface area contributed by atoms with E-state index in [1.165, 1.54) is 0 Å². The summed E-state index contributed by atoms with van der Waals surface area (Å²) in [6.45, 7) is 10.1. The summed E-state index contributed by atoms with van der Waals surface area (Å²) in [5.41, 5.74) is 4.89. The summed E-state index contributed by atoms with van der Waals surface area (Å²) in [5.74, 6) is 0.958. The first-order chi connectivity index (χ1) is 16.4. The lowest BCUT2D eigenvalue weighted by atomic mass is 9.93. The Kier molecular flexibility index (Phi) is 7.41. The molecule has 2 heterocycles. The van der Waals surface area contributed by atoms with Crippen LogP contribution in [0.25, 0.3) is 0 Å². The Bertz CT molecular complexity index is 1140. The summed E-state index contributed by atoms with van der Waals surface area (Å²) in [6, 6.07) is 15.2. The van der Waals surface area contributed by atoms with Crippen LogP contribution >= 0.6 is 11.8 Å². The summed E-state index contributed by atoms with van der Waals surface area (Å²) in [4.78, 5) is 35.2. The molecule has 1 N–H and O–H groups in total. The fourth-order valence-corrected chi connectivity index (χ4v) is 5.56. The number of allylic oxidation sites excluding steroid dienone is 1. The van der Waals surface area contributed by atoms with E-state index in [2.05, 4.69) is 10.2 Å². The molecule has 2 aromatic carbocycles. The number of amides is 2. The number of fused-ring (bicyclic) bond motifs is 1. The summed E-state index contributed by atoms with van der Waals surface area (Å²) < 4.78 is 0. The monoisotopic (exact) mass is 476 g/mol. The molecule has 1 atom stereocenters. The maximum Gasteiger partial charge on any atom is 0.255 e. The predicted octanol–water partition coefficient (Wildman–Crippen LogP) is 5.24. The average molecular weight is 477 g/mol. The number of hydrogen-bond acceptors (Lipinski definition) is 5. The van der Waals surface area contributed by atoms with E-state index in [-0.39, 0.29) is 17.9 Å². The van der Waals surface area contributed by atoms with E-state index in [1.54, 1.807) is 11.8 Å². The number of carbonyl (C=O) groups excluding carboxylic acids is 2. The number of hydrogen-bond donors (Lipinski definition) is 1. The molecule has 6 nitrogen and oxygen atoms in total. The van der Waals surface area contributed by atoms with E-state index in [1.807, 2.05) is 81.1 Å². The van der Waals surface area contributed by atoms with Gasteiger partial charge in [0.05, 0.1) is 17.3 Å². The highest BCUT2D eigenvalue weighted by Gasteiger charge is 2.38. The number of nitrogens with one attached hydrogen (secondary N) is 1. The van der Waals surface area contributed by atoms with Crippen LogP contribution in [-0.2, 0) is 4.79 Å². The van der Waals surface area contributed by atoms with Gasteiger partial charge in [-0.15, -0.1) is 0 Å². The van der Waals surface area contributed by atoms with Crippen molar-refractivity contribution in [1.82, 2.24) is 9.80 Å². The molecule has 7 heteroatoms. The van der Waals surface area contributed by atoms with Gasteiger partial charge in [-0.3, -0.25) is 9.59 Å². The smallest absolute Gasteiger partial charge is 0.255 e. The van der Waals surface area contributed by atoms with Gasteiger partial charge in [-0.1, -0.05) is 42.1 Å². The summed E-state index contributed by atoms with van der Waals surface area (Å²) in [7, 11) is 0. The minimum Gasteiger partial charge on any atom is -0.340 e. The third-order valence-electron chi connectivity index (χ3n) is 6.41. The number of benzene rings is 2. The Morgan fingerprint density at radius 1 is 1.09 bits per heavy atom. The predicted molar refractivity (Wildman–Crippen MR) is 140 cm³/mol. The average Bonchev–Trinajstić information content (AvgIpc) is 2.84. The van der Waals surface area contributed by atoms with Crippen LogP contribution in [0.3, 0.4) is 0 Å². The number of amidine groups is 1. The molecule has 178 valence electrons. The molecule has 1 unspecified atom stereocenters. The van der Waals surface area contributed by atoms with Crippen LogP contribution < -0.4 is 5.32 Å². The SMILES string of the molecule is CCN(CC)C(=O)C1=C(C)N=C2SCCCN2C1c1ccc(NC(=O)c2ccccc2C)cc1. The van der Waals surface area contributed by atoms with Crippen molar-refractivity contribution in [3.8, 4) is 0 Å². The summed E-state index contributed by atoms with van der Waals surface area (Å²) in [5, 5.41) is 3.98. The van der Waals surface area contributed by atoms with Crippen LogP contribution in [-0.4, -0.2) is 52.2 Å². The first-order valence-corrected chi connectivity index (χ1v) is 12.9. The van der Waals surface area contributed by atoms with E-state index in [0.717, 1.165) is 52.0 Å². The van der Waals surface area contributed by atoms with Gasteiger partial charge in [0, 0.05) is 36.6 Å². The van der Waals surface area contributed by atoms with Crippen LogP contribution in [0.4, 0.5) is 5.69 Å². The van der Waals surface area contributed by atoms with Crippen LogP contribution in [0, 0.1) is 6.92 Å². The van der Waals surface area contributed by atoms with Gasteiger partial charge in [-0.05, 0) is 63.4 Å². The highest BCUT2D eigenvalue weighted by molar-refractivity contribution is 8.13. The molecule has 0 radical (unpaired) electrons. The molecule has 2 aliphatic heterocycles. The van der Waals surface area contributed by atoms with Gasteiger partial charge >= 0.3 is 0 Å². The molecule has 1 fully saturated rings. The molecule has 4 rings (SSSR count). The van der Waals surface area contributed by atoms with E-state index in [9.17, 15) is 9.59 Å². The topological polar surface area (TPSA) is 65.0 Å². The number of aryl methyl sites for hydroxylation is 1. The van der Waals surface area contributed by atoms with E-state index >= 15 is 0 Å². The van der Waals surface area contributed by atoms with E-state index < -0.39 is 0 Å². The Balaban J connectivity index is 1.65. The molecule has 0 bridgehead atoms. The quantitative estimate of drug-likeness (QED) is 0.619. The van der Waals surface area contributed by atoms with Crippen molar-refractivity contribution in [1.29, 1.82) is 0 Å². The lowest BCUT2D eigenvalue weighted by Gasteiger charge is -2.41. The standard InChI is InChI=1S/C27H32N4O2S/c1-5-30(6-2)26(33)23-19(4)28-27-31(16-9-17-34-27)24(23)20-12-14-21(15-13-20)29-25(32)22-11-8-7-10-18(22)3/h7-8,10-15,24H,5-6,9,16-17H2,1-4H3,(H,29,32). The Hall–Kier alpha value is -3.06. The van der Waals surface area contributed by atoms with Crippen molar-refractivity contribution in [3.05, 3.63) is 76.5 Å². The molecule has 34 heavy (non-hydrogen) atoms. The number of rotatable bonds is 6. The zero-order chi connectivity index (χ0) is 24.2. The Morgan fingerprint density at radius 3 is 2.47 bits per heavy atom. The highest BCUT2D eigenvalue weighted by atomic mass is 32.2. The molecular formula is C27H32N4O2S. The number of aliphatic imine (C=N–C) groups is 1. The minimum atomic E-state index is -0.186. The third kappa shape index (κ3) is 4.75. The molecule has 2 amide bonds. The fourth-order valence-electron chi connectivity index (χ4n) is 4.54. The largest absolute Gasteiger partial charge is 0.340 e. The number of carbonyl (C=O) groups is 2. The highest BCUT2D eigenvalue weighted by Crippen LogP contribution is 2.40. The maximum atomic E-state index is 13.5. The van der Waals surface area contributed by atoms with Crippen molar-refractivity contribution in [3.63, 3.8) is 0 Å². The molecular weight excluding hydrogens is 444 g/mol. The van der Waals surface area contributed by atoms with Crippen molar-refractivity contribution in [2.45, 2.75) is 40.2 Å². The Morgan fingerprint density at radius 2 is 1.79 bits per heavy atom. The second-order valence-electron chi connectivity index (χ2n) is 8.56. The molecule has 0 aliphatic carbocycles. The number of anilines is 1. The molecule has 2 aromatic rings. The molecule has 2 aliphatic rings.